The first-order chi connectivity index (χ1) is 13.5. The molecule has 0 bridgehead atoms. The Bertz CT molecular complexity index is 852. The van der Waals surface area contributed by atoms with Crippen molar-refractivity contribution in [2.75, 3.05) is 11.1 Å². The zero-order chi connectivity index (χ0) is 21.1. The summed E-state index contributed by atoms with van der Waals surface area (Å²) in [5.41, 5.74) is 10.2. The molecule has 0 fully saturated rings. The second-order valence-electron chi connectivity index (χ2n) is 5.67. The van der Waals surface area contributed by atoms with Crippen LogP contribution in [0.5, 0.6) is 0 Å². The second-order valence-corrected chi connectivity index (χ2v) is 6.58. The van der Waals surface area contributed by atoms with Gasteiger partial charge in [0, 0.05) is 22.6 Å². The van der Waals surface area contributed by atoms with Gasteiger partial charge in [0.2, 0.25) is 5.91 Å². The Morgan fingerprint density at radius 2 is 1.68 bits per heavy atom. The quantitative estimate of drug-likeness (QED) is 0.547. The van der Waals surface area contributed by atoms with Gasteiger partial charge >= 0.3 is 0 Å². The highest BCUT2D eigenvalue weighted by Crippen LogP contribution is 2.27. The van der Waals surface area contributed by atoms with Crippen molar-refractivity contribution in [3.05, 3.63) is 76.5 Å². The number of halogens is 1. The van der Waals surface area contributed by atoms with Crippen LogP contribution in [0.25, 0.3) is 5.69 Å². The number of anilines is 2. The summed E-state index contributed by atoms with van der Waals surface area (Å²) in [6.07, 6.45) is 4.28. The molecule has 0 aliphatic carbocycles. The van der Waals surface area contributed by atoms with Gasteiger partial charge in [0.05, 0.1) is 17.8 Å². The number of hydrogen-bond acceptors (Lipinski definition) is 3. The molecule has 3 N–H and O–H groups in total. The maximum absolute atomic E-state index is 12.3. The van der Waals surface area contributed by atoms with Crippen LogP contribution in [-0.4, -0.2) is 17.3 Å². The Morgan fingerprint density at radius 3 is 2.21 bits per heavy atom. The van der Waals surface area contributed by atoms with Crippen molar-refractivity contribution in [2.24, 2.45) is 0 Å². The van der Waals surface area contributed by atoms with Gasteiger partial charge in [0.15, 0.2) is 0 Å². The molecule has 0 saturated heterocycles. The molecule has 2 aromatic carbocycles. The van der Waals surface area contributed by atoms with E-state index in [2.05, 4.69) is 21.2 Å². The smallest absolute Gasteiger partial charge is 0.228 e. The molecule has 1 aromatic heterocycles. The molecular formula is C22H26BrN3O2. The highest BCUT2D eigenvalue weighted by atomic mass is 79.9. The zero-order valence-corrected chi connectivity index (χ0v) is 18.0. The number of hydrogen-bond donors (Lipinski definition) is 2. The minimum atomic E-state index is -0.0826. The topological polar surface area (TPSA) is 77.1 Å². The van der Waals surface area contributed by atoms with E-state index in [1.54, 1.807) is 6.07 Å². The van der Waals surface area contributed by atoms with E-state index in [9.17, 15) is 4.79 Å². The molecule has 5 nitrogen and oxygen atoms in total. The Balaban J connectivity index is 0.000000921. The van der Waals surface area contributed by atoms with Crippen LogP contribution in [0, 0.1) is 6.92 Å². The summed E-state index contributed by atoms with van der Waals surface area (Å²) in [6, 6.07) is 15.6. The molecule has 0 aliphatic rings. The number of nitrogens with one attached hydrogen (secondary N) is 1. The number of carbonyl (C=O) groups excluding carboxylic acids is 2. The number of aryl methyl sites for hydroxylation is 1. The number of nitrogen functional groups attached to an aromatic ring is 1. The number of nitrogens with two attached hydrogens (primary N) is 1. The zero-order valence-electron chi connectivity index (χ0n) is 16.4. The van der Waals surface area contributed by atoms with E-state index >= 15 is 0 Å². The van der Waals surface area contributed by atoms with Crippen LogP contribution in [0.3, 0.4) is 0 Å². The summed E-state index contributed by atoms with van der Waals surface area (Å²) in [5.74, 6) is -0.0826. The van der Waals surface area contributed by atoms with Crippen LogP contribution in [0.4, 0.5) is 11.4 Å². The van der Waals surface area contributed by atoms with Crippen LogP contribution in [0.15, 0.2) is 65.4 Å². The lowest BCUT2D eigenvalue weighted by molar-refractivity contribution is -0.115. The number of nitrogens with zero attached hydrogens (tertiary/aromatic N) is 1. The fourth-order valence-electron chi connectivity index (χ4n) is 2.60. The number of carbonyl (C=O) groups is 2. The van der Waals surface area contributed by atoms with Crippen molar-refractivity contribution in [3.63, 3.8) is 0 Å². The normalized spacial score (nSPS) is 9.43. The third-order valence-electron chi connectivity index (χ3n) is 3.80. The fourth-order valence-corrected chi connectivity index (χ4v) is 3.19. The fraction of sp³-hybridized carbons (Fsp3) is 0.182. The molecule has 28 heavy (non-hydrogen) atoms. The number of aromatic nitrogens is 1. The molecule has 6 heteroatoms. The number of rotatable bonds is 4. The van der Waals surface area contributed by atoms with E-state index in [0.29, 0.717) is 17.8 Å². The van der Waals surface area contributed by atoms with Crippen molar-refractivity contribution < 1.29 is 9.59 Å². The highest BCUT2D eigenvalue weighted by Gasteiger charge is 2.10. The van der Waals surface area contributed by atoms with Crippen molar-refractivity contribution in [1.82, 2.24) is 4.57 Å². The van der Waals surface area contributed by atoms with Crippen LogP contribution in [0.1, 0.15) is 25.0 Å². The summed E-state index contributed by atoms with van der Waals surface area (Å²) in [6.45, 7) is 7.92. The summed E-state index contributed by atoms with van der Waals surface area (Å²) in [5, 5.41) is 2.91. The van der Waals surface area contributed by atoms with Gasteiger partial charge in [-0.15, -0.1) is 0 Å². The van der Waals surface area contributed by atoms with Crippen molar-refractivity contribution in [3.8, 4) is 5.69 Å². The predicted molar refractivity (Wildman–Crippen MR) is 120 cm³/mol. The molecule has 0 aliphatic heterocycles. The van der Waals surface area contributed by atoms with Gasteiger partial charge < -0.3 is 20.4 Å². The minimum absolute atomic E-state index is 0.0826. The van der Waals surface area contributed by atoms with Gasteiger partial charge in [-0.1, -0.05) is 41.9 Å². The summed E-state index contributed by atoms with van der Waals surface area (Å²) in [7, 11) is 0. The third-order valence-corrected chi connectivity index (χ3v) is 4.26. The van der Waals surface area contributed by atoms with Gasteiger partial charge in [-0.05, 0) is 54.4 Å². The Hall–Kier alpha value is -2.86. The SMILES string of the molecule is C=O.CC.Cc1cc(Br)cc(N)c1NC(=O)Cc1ccc(-n2cccc2)cc1. The van der Waals surface area contributed by atoms with E-state index < -0.39 is 0 Å². The van der Waals surface area contributed by atoms with Crippen LogP contribution < -0.4 is 11.1 Å². The maximum atomic E-state index is 12.3. The standard InChI is InChI=1S/C19H18BrN3O.C2H6.CH2O/c1-13-10-15(20)12-17(21)19(13)22-18(24)11-14-4-6-16(7-5-14)23-8-2-3-9-23;2*1-2/h2-10,12H,11,21H2,1H3,(H,22,24);1-2H3;1H2. The Labute approximate surface area is 174 Å². The van der Waals surface area contributed by atoms with E-state index in [0.717, 1.165) is 21.3 Å². The predicted octanol–water partition coefficient (Wildman–Crippen LogP) is 5.15. The highest BCUT2D eigenvalue weighted by molar-refractivity contribution is 9.10. The molecule has 3 rings (SSSR count). The monoisotopic (exact) mass is 443 g/mol. The summed E-state index contributed by atoms with van der Waals surface area (Å²) >= 11 is 3.40. The van der Waals surface area contributed by atoms with Crippen LogP contribution >= 0.6 is 15.9 Å². The summed E-state index contributed by atoms with van der Waals surface area (Å²) in [4.78, 5) is 20.3. The second kappa shape index (κ2) is 11.8. The Morgan fingerprint density at radius 1 is 1.11 bits per heavy atom. The van der Waals surface area contributed by atoms with E-state index in [-0.39, 0.29) is 5.91 Å². The third kappa shape index (κ3) is 6.39. The first kappa shape index (κ1) is 23.2. The van der Waals surface area contributed by atoms with Gasteiger partial charge in [0.1, 0.15) is 6.79 Å². The van der Waals surface area contributed by atoms with Crippen molar-refractivity contribution >= 4 is 40.0 Å². The number of amides is 1. The molecule has 0 atom stereocenters. The molecule has 1 heterocycles. The van der Waals surface area contributed by atoms with Gasteiger partial charge in [0.25, 0.3) is 0 Å². The first-order valence-electron chi connectivity index (χ1n) is 8.89. The molecule has 0 saturated carbocycles. The van der Waals surface area contributed by atoms with Gasteiger partial charge in [-0.3, -0.25) is 4.79 Å². The minimum Gasteiger partial charge on any atom is -0.397 e. The van der Waals surface area contributed by atoms with E-state index in [1.807, 2.05) is 87.0 Å². The summed E-state index contributed by atoms with van der Waals surface area (Å²) < 4.78 is 2.92. The molecule has 0 radical (unpaired) electrons. The first-order valence-corrected chi connectivity index (χ1v) is 9.69. The molecule has 1 amide bonds. The van der Waals surface area contributed by atoms with Crippen LogP contribution in [0.2, 0.25) is 0 Å². The van der Waals surface area contributed by atoms with Crippen LogP contribution in [-0.2, 0) is 16.0 Å². The van der Waals surface area contributed by atoms with Crippen molar-refractivity contribution in [2.45, 2.75) is 27.2 Å². The molecule has 3 aromatic rings. The Kier molecular flexibility index (Phi) is 9.74. The van der Waals surface area contributed by atoms with E-state index in [4.69, 9.17) is 10.5 Å². The maximum Gasteiger partial charge on any atom is 0.228 e. The lowest BCUT2D eigenvalue weighted by Crippen LogP contribution is -2.16. The average molecular weight is 444 g/mol. The largest absolute Gasteiger partial charge is 0.397 e. The molecule has 0 spiro atoms. The lowest BCUT2D eigenvalue weighted by Gasteiger charge is -2.12. The average Bonchev–Trinajstić information content (AvgIpc) is 3.23. The molecule has 148 valence electrons. The lowest BCUT2D eigenvalue weighted by atomic mass is 10.1. The molecule has 0 unspecified atom stereocenters. The van der Waals surface area contributed by atoms with Crippen molar-refractivity contribution in [1.29, 1.82) is 0 Å². The van der Waals surface area contributed by atoms with Gasteiger partial charge in [-0.2, -0.15) is 0 Å². The van der Waals surface area contributed by atoms with E-state index in [1.165, 1.54) is 0 Å². The van der Waals surface area contributed by atoms with Gasteiger partial charge in [-0.25, -0.2) is 0 Å². The molecular weight excluding hydrogens is 418 g/mol. The number of benzene rings is 2.